The maximum Gasteiger partial charge on any atom is 0.237 e. The van der Waals surface area contributed by atoms with Crippen LogP contribution in [0.3, 0.4) is 0 Å². The number of benzene rings is 1. The van der Waals surface area contributed by atoms with E-state index in [-0.39, 0.29) is 23.0 Å². The highest BCUT2D eigenvalue weighted by atomic mass is 32.2. The summed E-state index contributed by atoms with van der Waals surface area (Å²) in [6.07, 6.45) is 0.705. The summed E-state index contributed by atoms with van der Waals surface area (Å²) in [6.45, 7) is 4.40. The van der Waals surface area contributed by atoms with E-state index in [1.807, 2.05) is 19.9 Å². The molecule has 0 aromatic heterocycles. The molecule has 0 aliphatic carbocycles. The van der Waals surface area contributed by atoms with Crippen LogP contribution in [0.4, 0.5) is 11.4 Å². The van der Waals surface area contributed by atoms with E-state index < -0.39 is 10.8 Å². The number of carbonyl (C=O) groups is 1. The molecule has 20 heavy (non-hydrogen) atoms. The number of hydrogen-bond acceptors (Lipinski definition) is 4. The van der Waals surface area contributed by atoms with E-state index >= 15 is 0 Å². The number of nitrogen functional groups attached to an aromatic ring is 1. The Morgan fingerprint density at radius 3 is 2.95 bits per heavy atom. The fourth-order valence-corrected chi connectivity index (χ4v) is 3.66. The number of hydrogen-bond donors (Lipinski definition) is 2. The van der Waals surface area contributed by atoms with E-state index in [1.165, 1.54) is 0 Å². The van der Waals surface area contributed by atoms with E-state index in [0.717, 1.165) is 12.0 Å². The summed E-state index contributed by atoms with van der Waals surface area (Å²) < 4.78 is 17.5. The zero-order valence-corrected chi connectivity index (χ0v) is 12.5. The first kappa shape index (κ1) is 15.0. The van der Waals surface area contributed by atoms with Crippen LogP contribution in [-0.2, 0) is 20.3 Å². The average molecular weight is 296 g/mol. The van der Waals surface area contributed by atoms with Crippen LogP contribution >= 0.6 is 0 Å². The van der Waals surface area contributed by atoms with Crippen molar-refractivity contribution in [2.75, 3.05) is 23.4 Å². The number of carbonyl (C=O) groups excluding carboxylic acids is 1. The highest BCUT2D eigenvalue weighted by Crippen LogP contribution is 2.20. The van der Waals surface area contributed by atoms with Crippen LogP contribution in [0.1, 0.15) is 18.9 Å². The number of rotatable bonds is 4. The van der Waals surface area contributed by atoms with E-state index in [0.29, 0.717) is 18.0 Å². The Balaban J connectivity index is 1.95. The van der Waals surface area contributed by atoms with Gasteiger partial charge in [-0.25, -0.2) is 0 Å². The molecule has 1 aliphatic heterocycles. The third kappa shape index (κ3) is 3.58. The number of aryl methyl sites for hydroxylation is 1. The Labute approximate surface area is 121 Å². The molecule has 0 spiro atoms. The van der Waals surface area contributed by atoms with Gasteiger partial charge in [0.25, 0.3) is 0 Å². The van der Waals surface area contributed by atoms with Crippen LogP contribution in [0, 0.1) is 6.92 Å². The highest BCUT2D eigenvalue weighted by Gasteiger charge is 2.30. The fourth-order valence-electron chi connectivity index (χ4n) is 2.25. The van der Waals surface area contributed by atoms with Crippen molar-refractivity contribution in [3.63, 3.8) is 0 Å². The smallest absolute Gasteiger partial charge is 0.237 e. The molecule has 2 rings (SSSR count). The van der Waals surface area contributed by atoms with Crippen molar-refractivity contribution in [2.24, 2.45) is 0 Å². The number of amides is 1. The van der Waals surface area contributed by atoms with Crippen molar-refractivity contribution in [3.8, 4) is 0 Å². The Hall–Kier alpha value is -1.40. The van der Waals surface area contributed by atoms with E-state index in [2.05, 4.69) is 5.32 Å². The first-order valence-corrected chi connectivity index (χ1v) is 8.00. The van der Waals surface area contributed by atoms with Gasteiger partial charge in [-0.1, -0.05) is 6.07 Å². The first-order chi connectivity index (χ1) is 9.47. The minimum Gasteiger partial charge on any atom is -0.399 e. The van der Waals surface area contributed by atoms with Crippen LogP contribution in [0.15, 0.2) is 18.2 Å². The quantitative estimate of drug-likeness (QED) is 0.824. The molecule has 1 aromatic carbocycles. The lowest BCUT2D eigenvalue weighted by Crippen LogP contribution is -2.30. The van der Waals surface area contributed by atoms with Crippen molar-refractivity contribution in [3.05, 3.63) is 23.8 Å². The van der Waals surface area contributed by atoms with Crippen molar-refractivity contribution < 1.29 is 13.7 Å². The zero-order chi connectivity index (χ0) is 14.7. The second kappa shape index (κ2) is 6.37. The van der Waals surface area contributed by atoms with E-state index in [4.69, 9.17) is 10.5 Å². The van der Waals surface area contributed by atoms with E-state index in [1.54, 1.807) is 12.1 Å². The van der Waals surface area contributed by atoms with Crippen LogP contribution in [0.2, 0.25) is 0 Å². The molecule has 6 heteroatoms. The second-order valence-electron chi connectivity index (χ2n) is 5.05. The van der Waals surface area contributed by atoms with Gasteiger partial charge in [0.15, 0.2) is 0 Å². The maximum absolute atomic E-state index is 12.2. The summed E-state index contributed by atoms with van der Waals surface area (Å²) in [7, 11) is -1.21. The fraction of sp³-hybridized carbons (Fsp3) is 0.500. The van der Waals surface area contributed by atoms with Gasteiger partial charge in [-0.15, -0.1) is 0 Å². The topological polar surface area (TPSA) is 81.4 Å². The van der Waals surface area contributed by atoms with Crippen LogP contribution in [0.5, 0.6) is 0 Å². The highest BCUT2D eigenvalue weighted by molar-refractivity contribution is 7.86. The molecule has 3 atom stereocenters. The predicted molar refractivity (Wildman–Crippen MR) is 81.0 cm³/mol. The molecule has 5 nitrogen and oxygen atoms in total. The van der Waals surface area contributed by atoms with Gasteiger partial charge in [0, 0.05) is 28.8 Å². The van der Waals surface area contributed by atoms with Crippen molar-refractivity contribution in [1.82, 2.24) is 0 Å². The lowest BCUT2D eigenvalue weighted by Gasteiger charge is -2.14. The van der Waals surface area contributed by atoms with Crippen molar-refractivity contribution in [2.45, 2.75) is 31.6 Å². The molecule has 1 amide bonds. The third-order valence-corrected chi connectivity index (χ3v) is 5.29. The molecule has 1 aliphatic rings. The molecule has 3 unspecified atom stereocenters. The average Bonchev–Trinajstić information content (AvgIpc) is 2.80. The lowest BCUT2D eigenvalue weighted by molar-refractivity contribution is -0.113. The van der Waals surface area contributed by atoms with Gasteiger partial charge in [0.05, 0.1) is 11.4 Å². The van der Waals surface area contributed by atoms with Crippen LogP contribution in [-0.4, -0.2) is 33.8 Å². The number of anilines is 2. The molecule has 1 aromatic rings. The normalized spacial score (nSPS) is 23.5. The standard InChI is InChI=1S/C14H20N2O3S/c1-9-3-4-11(15)7-12(9)16-14(17)8-20(18)13-5-6-19-10(13)2/h3-4,7,10,13H,5-6,8,15H2,1-2H3,(H,16,17). The Morgan fingerprint density at radius 1 is 1.55 bits per heavy atom. The van der Waals surface area contributed by atoms with Crippen LogP contribution in [0.25, 0.3) is 0 Å². The third-order valence-electron chi connectivity index (χ3n) is 3.45. The molecular weight excluding hydrogens is 276 g/mol. The molecule has 0 radical (unpaired) electrons. The monoisotopic (exact) mass is 296 g/mol. The van der Waals surface area contributed by atoms with Gasteiger partial charge in [-0.2, -0.15) is 0 Å². The van der Waals surface area contributed by atoms with Crippen LogP contribution < -0.4 is 11.1 Å². The molecule has 110 valence electrons. The Kier molecular flexibility index (Phi) is 4.77. The van der Waals surface area contributed by atoms with E-state index in [9.17, 15) is 9.00 Å². The second-order valence-corrected chi connectivity index (χ2v) is 6.71. The van der Waals surface area contributed by atoms with Gasteiger partial charge >= 0.3 is 0 Å². The summed E-state index contributed by atoms with van der Waals surface area (Å²) in [6, 6.07) is 5.33. The largest absolute Gasteiger partial charge is 0.399 e. The zero-order valence-electron chi connectivity index (χ0n) is 11.7. The van der Waals surface area contributed by atoms with Crippen molar-refractivity contribution in [1.29, 1.82) is 0 Å². The minimum absolute atomic E-state index is 0.00734. The van der Waals surface area contributed by atoms with Gasteiger partial charge in [0.1, 0.15) is 5.75 Å². The van der Waals surface area contributed by atoms with Gasteiger partial charge in [0.2, 0.25) is 5.91 Å². The van der Waals surface area contributed by atoms with Gasteiger partial charge in [-0.3, -0.25) is 9.00 Å². The Morgan fingerprint density at radius 2 is 2.30 bits per heavy atom. The van der Waals surface area contributed by atoms with Gasteiger partial charge < -0.3 is 15.8 Å². The maximum atomic E-state index is 12.2. The molecule has 0 saturated carbocycles. The van der Waals surface area contributed by atoms with Gasteiger partial charge in [-0.05, 0) is 38.0 Å². The number of ether oxygens (including phenoxy) is 1. The number of nitrogens with two attached hydrogens (primary N) is 1. The molecule has 1 fully saturated rings. The van der Waals surface area contributed by atoms with Crippen molar-refractivity contribution >= 4 is 28.1 Å². The molecular formula is C14H20N2O3S. The predicted octanol–water partition coefficient (Wildman–Crippen LogP) is 1.44. The summed E-state index contributed by atoms with van der Waals surface area (Å²) in [4.78, 5) is 12.0. The summed E-state index contributed by atoms with van der Waals surface area (Å²) in [5.74, 6) is -0.261. The molecule has 0 bridgehead atoms. The first-order valence-electron chi connectivity index (χ1n) is 6.62. The lowest BCUT2D eigenvalue weighted by atomic mass is 10.2. The summed E-state index contributed by atoms with van der Waals surface area (Å²) in [5, 5.41) is 2.71. The molecule has 1 saturated heterocycles. The SMILES string of the molecule is Cc1ccc(N)cc1NC(=O)CS(=O)C1CCOC1C. The Bertz CT molecular complexity index is 533. The minimum atomic E-state index is -1.21. The number of nitrogens with one attached hydrogen (secondary N) is 1. The summed E-state index contributed by atoms with van der Waals surface area (Å²) >= 11 is 0. The molecule has 3 N–H and O–H groups in total. The summed E-state index contributed by atoms with van der Waals surface area (Å²) in [5.41, 5.74) is 7.88. The molecule has 1 heterocycles.